The smallest absolute Gasteiger partial charge is 0.287 e. The summed E-state index contributed by atoms with van der Waals surface area (Å²) >= 11 is 0. The van der Waals surface area contributed by atoms with Crippen molar-refractivity contribution in [1.82, 2.24) is 0 Å². The van der Waals surface area contributed by atoms with Gasteiger partial charge in [-0.05, 0) is 27.7 Å². The molecule has 0 saturated heterocycles. The van der Waals surface area contributed by atoms with Crippen molar-refractivity contribution in [3.63, 3.8) is 0 Å². The van der Waals surface area contributed by atoms with Crippen LogP contribution in [0, 0.1) is 0 Å². The maximum atomic E-state index is 12.3. The lowest BCUT2D eigenvalue weighted by Crippen LogP contribution is -2.15. The molecule has 2 atom stereocenters. The largest absolute Gasteiger partial charge is 0.475 e. The van der Waals surface area contributed by atoms with Crippen molar-refractivity contribution in [2.24, 2.45) is 0 Å². The molecule has 0 aliphatic heterocycles. The molecule has 0 spiro atoms. The van der Waals surface area contributed by atoms with Gasteiger partial charge in [0.1, 0.15) is 0 Å². The normalized spacial score (nSPS) is 21.9. The molecule has 0 heterocycles. The average Bonchev–Trinajstić information content (AvgIpc) is 2.85. The van der Waals surface area contributed by atoms with Crippen molar-refractivity contribution in [1.29, 1.82) is 0 Å². The number of hydrogen-bond acceptors (Lipinski definition) is 8. The lowest BCUT2D eigenvalue weighted by atomic mass is 10.3. The number of hydrogen-bond donors (Lipinski definition) is 0. The van der Waals surface area contributed by atoms with Gasteiger partial charge >= 0.3 is 15.6 Å². The zero-order valence-corrected chi connectivity index (χ0v) is 15.8. The van der Waals surface area contributed by atoms with E-state index in [-0.39, 0.29) is 26.4 Å². The maximum Gasteiger partial charge on any atom is 0.475 e. The fourth-order valence-electron chi connectivity index (χ4n) is 1.95. The Morgan fingerprint density at radius 2 is 1.04 bits per heavy atom. The fraction of sp³-hybridized carbons (Fsp3) is 0.846. The van der Waals surface area contributed by atoms with E-state index in [0.29, 0.717) is 6.42 Å². The number of phosphoric ester groups is 2. The van der Waals surface area contributed by atoms with Crippen LogP contribution in [0.1, 0.15) is 34.1 Å². The molecule has 0 N–H and O–H groups in total. The van der Waals surface area contributed by atoms with Crippen LogP contribution in [0.25, 0.3) is 0 Å². The summed E-state index contributed by atoms with van der Waals surface area (Å²) in [6.07, 6.45) is 2.59. The SMILES string of the molecule is CCOP(=O)(OCC)O[C@@H]1C=C[C@H](OP(=O)(OCC)OCC)C1. The molecule has 1 aliphatic rings. The highest BCUT2D eigenvalue weighted by Gasteiger charge is 2.36. The van der Waals surface area contributed by atoms with Crippen molar-refractivity contribution < 1.29 is 36.3 Å². The molecule has 0 aromatic rings. The van der Waals surface area contributed by atoms with E-state index in [1.165, 1.54) is 0 Å². The number of phosphoric acid groups is 2. The van der Waals surface area contributed by atoms with Gasteiger partial charge in [-0.1, -0.05) is 12.2 Å². The Bertz CT molecular complexity index is 407. The minimum Gasteiger partial charge on any atom is -0.287 e. The molecule has 0 aromatic heterocycles. The van der Waals surface area contributed by atoms with Gasteiger partial charge in [0.15, 0.2) is 0 Å². The second-order valence-corrected chi connectivity index (χ2v) is 7.72. The highest BCUT2D eigenvalue weighted by molar-refractivity contribution is 7.48. The number of rotatable bonds is 12. The van der Waals surface area contributed by atoms with E-state index in [9.17, 15) is 9.13 Å². The monoisotopic (exact) mass is 372 g/mol. The Hall–Kier alpha value is -0.0400. The molecule has 0 amide bonds. The quantitative estimate of drug-likeness (QED) is 0.374. The van der Waals surface area contributed by atoms with Crippen LogP contribution >= 0.6 is 15.6 Å². The van der Waals surface area contributed by atoms with Crippen LogP contribution in [-0.2, 0) is 36.3 Å². The van der Waals surface area contributed by atoms with Crippen molar-refractivity contribution in [3.8, 4) is 0 Å². The molecule has 1 aliphatic carbocycles. The zero-order valence-electron chi connectivity index (χ0n) is 14.0. The van der Waals surface area contributed by atoms with Crippen LogP contribution in [0.15, 0.2) is 12.2 Å². The van der Waals surface area contributed by atoms with E-state index in [1.54, 1.807) is 39.8 Å². The Kier molecular flexibility index (Phi) is 9.19. The highest BCUT2D eigenvalue weighted by Crippen LogP contribution is 2.54. The first-order chi connectivity index (χ1) is 10.9. The maximum absolute atomic E-state index is 12.3. The van der Waals surface area contributed by atoms with Gasteiger partial charge in [0, 0.05) is 6.42 Å². The molecule has 10 heteroatoms. The summed E-state index contributed by atoms with van der Waals surface area (Å²) in [7, 11) is -7.22. The molecule has 136 valence electrons. The van der Waals surface area contributed by atoms with Gasteiger partial charge in [0.25, 0.3) is 0 Å². The summed E-state index contributed by atoms with van der Waals surface area (Å²) < 4.78 is 55.8. The Morgan fingerprint density at radius 1 is 0.739 bits per heavy atom. The second-order valence-electron chi connectivity index (χ2n) is 4.47. The van der Waals surface area contributed by atoms with Gasteiger partial charge in [-0.2, -0.15) is 0 Å². The van der Waals surface area contributed by atoms with Gasteiger partial charge in [0.2, 0.25) is 0 Å². The summed E-state index contributed by atoms with van der Waals surface area (Å²) in [5.74, 6) is 0. The zero-order chi connectivity index (χ0) is 17.3. The predicted molar refractivity (Wildman–Crippen MR) is 85.2 cm³/mol. The molecule has 8 nitrogen and oxygen atoms in total. The Morgan fingerprint density at radius 3 is 1.30 bits per heavy atom. The third-order valence-electron chi connectivity index (χ3n) is 2.68. The summed E-state index contributed by atoms with van der Waals surface area (Å²) in [6.45, 7) is 7.62. The van der Waals surface area contributed by atoms with E-state index >= 15 is 0 Å². The van der Waals surface area contributed by atoms with Crippen molar-refractivity contribution in [2.75, 3.05) is 26.4 Å². The molecule has 0 unspecified atom stereocenters. The first kappa shape index (κ1) is 21.0. The van der Waals surface area contributed by atoms with E-state index in [4.69, 9.17) is 27.1 Å². The molecule has 0 aromatic carbocycles. The molecule has 0 fully saturated rings. The van der Waals surface area contributed by atoms with E-state index < -0.39 is 27.9 Å². The lowest BCUT2D eigenvalue weighted by molar-refractivity contribution is 0.0725. The highest BCUT2D eigenvalue weighted by atomic mass is 31.2. The van der Waals surface area contributed by atoms with E-state index in [2.05, 4.69) is 0 Å². The van der Waals surface area contributed by atoms with Gasteiger partial charge in [-0.25, -0.2) is 9.13 Å². The average molecular weight is 372 g/mol. The van der Waals surface area contributed by atoms with Crippen LogP contribution in [0.3, 0.4) is 0 Å². The Labute approximate surface area is 137 Å². The third kappa shape index (κ3) is 7.16. The molecule has 1 rings (SSSR count). The van der Waals surface area contributed by atoms with Crippen LogP contribution in [0.5, 0.6) is 0 Å². The molecule has 0 bridgehead atoms. The standard InChI is InChI=1S/C13H26O8P2/c1-5-16-22(14,17-6-2)20-12-9-10-13(11-12)21-23(15,18-7-3)19-8-4/h9-10,12-13H,5-8,11H2,1-4H3/t12-,13+. The summed E-state index contributed by atoms with van der Waals surface area (Å²) in [6, 6.07) is 0. The van der Waals surface area contributed by atoms with Crippen molar-refractivity contribution in [2.45, 2.75) is 46.3 Å². The first-order valence-electron chi connectivity index (χ1n) is 7.73. The first-order valence-corrected chi connectivity index (χ1v) is 10.7. The molecular formula is C13H26O8P2. The predicted octanol–water partition coefficient (Wildman–Crippen LogP) is 4.08. The molecular weight excluding hydrogens is 346 g/mol. The minimum atomic E-state index is -3.61. The van der Waals surface area contributed by atoms with E-state index in [0.717, 1.165) is 0 Å². The van der Waals surface area contributed by atoms with Gasteiger partial charge < -0.3 is 0 Å². The molecule has 0 saturated carbocycles. The third-order valence-corrected chi connectivity index (χ3v) is 6.04. The van der Waals surface area contributed by atoms with E-state index in [1.807, 2.05) is 0 Å². The van der Waals surface area contributed by atoms with Crippen LogP contribution < -0.4 is 0 Å². The summed E-state index contributed by atoms with van der Waals surface area (Å²) in [5.41, 5.74) is 0. The Balaban J connectivity index is 2.59. The summed E-state index contributed by atoms with van der Waals surface area (Å²) in [4.78, 5) is 0. The van der Waals surface area contributed by atoms with Crippen molar-refractivity contribution in [3.05, 3.63) is 12.2 Å². The van der Waals surface area contributed by atoms with Gasteiger partial charge in [0.05, 0.1) is 38.6 Å². The summed E-state index contributed by atoms with van der Waals surface area (Å²) in [5, 5.41) is 0. The van der Waals surface area contributed by atoms with Crippen LogP contribution in [0.2, 0.25) is 0 Å². The fourth-order valence-corrected chi connectivity index (χ4v) is 4.58. The van der Waals surface area contributed by atoms with Crippen LogP contribution in [0.4, 0.5) is 0 Å². The molecule has 23 heavy (non-hydrogen) atoms. The van der Waals surface area contributed by atoms with Crippen molar-refractivity contribution >= 4 is 15.6 Å². The molecule has 0 radical (unpaired) electrons. The minimum absolute atomic E-state index is 0.206. The topological polar surface area (TPSA) is 89.5 Å². The lowest BCUT2D eigenvalue weighted by Gasteiger charge is -2.22. The van der Waals surface area contributed by atoms with Gasteiger partial charge in [-0.15, -0.1) is 0 Å². The van der Waals surface area contributed by atoms with Crippen LogP contribution in [-0.4, -0.2) is 38.6 Å². The van der Waals surface area contributed by atoms with Gasteiger partial charge in [-0.3, -0.25) is 27.1 Å². The second kappa shape index (κ2) is 10.1.